The molecule has 1 fully saturated rings. The first-order valence-corrected chi connectivity index (χ1v) is 7.92. The maximum Gasteiger partial charge on any atom is 0.287 e. The molecular weight excluding hydrogens is 276 g/mol. The number of likely N-dealkylation sites (tertiary alicyclic amines) is 1. The first-order valence-electron chi connectivity index (χ1n) is 7.92. The van der Waals surface area contributed by atoms with E-state index in [2.05, 4.69) is 34.5 Å². The van der Waals surface area contributed by atoms with Crippen molar-refractivity contribution in [2.45, 2.75) is 25.3 Å². The monoisotopic (exact) mass is 298 g/mol. The number of hydrogen-bond donors (Lipinski definition) is 1. The van der Waals surface area contributed by atoms with Crippen LogP contribution in [0.15, 0.2) is 53.1 Å². The molecule has 3 rings (SSSR count). The zero-order valence-electron chi connectivity index (χ0n) is 12.7. The zero-order chi connectivity index (χ0) is 15.2. The van der Waals surface area contributed by atoms with Crippen molar-refractivity contribution in [3.63, 3.8) is 0 Å². The molecule has 1 amide bonds. The predicted molar refractivity (Wildman–Crippen MR) is 85.8 cm³/mol. The molecule has 1 aromatic carbocycles. The minimum atomic E-state index is -0.111. The SMILES string of the molecule is O=C(N[C@H]1CCCN(CCc2ccccc2)C1)c1ccco1. The van der Waals surface area contributed by atoms with E-state index < -0.39 is 0 Å². The number of nitrogens with zero attached hydrogens (tertiary/aromatic N) is 1. The van der Waals surface area contributed by atoms with Crippen LogP contribution in [0.1, 0.15) is 29.0 Å². The van der Waals surface area contributed by atoms with Gasteiger partial charge >= 0.3 is 0 Å². The molecule has 1 atom stereocenters. The van der Waals surface area contributed by atoms with E-state index in [1.807, 2.05) is 6.07 Å². The summed E-state index contributed by atoms with van der Waals surface area (Å²) >= 11 is 0. The predicted octanol–water partition coefficient (Wildman–Crippen LogP) is 2.72. The van der Waals surface area contributed by atoms with E-state index in [4.69, 9.17) is 4.42 Å². The highest BCUT2D eigenvalue weighted by Gasteiger charge is 2.22. The topological polar surface area (TPSA) is 45.5 Å². The van der Waals surface area contributed by atoms with E-state index in [9.17, 15) is 4.79 Å². The fourth-order valence-corrected chi connectivity index (χ4v) is 2.97. The number of hydrogen-bond acceptors (Lipinski definition) is 3. The number of carbonyl (C=O) groups is 1. The molecule has 1 N–H and O–H groups in total. The van der Waals surface area contributed by atoms with Crippen molar-refractivity contribution in [2.75, 3.05) is 19.6 Å². The van der Waals surface area contributed by atoms with Gasteiger partial charge in [0.15, 0.2) is 5.76 Å². The van der Waals surface area contributed by atoms with Crippen LogP contribution < -0.4 is 5.32 Å². The number of benzene rings is 1. The number of carbonyl (C=O) groups excluding carboxylic acids is 1. The Bertz CT molecular complexity index is 580. The van der Waals surface area contributed by atoms with Gasteiger partial charge in [0.1, 0.15) is 0 Å². The second-order valence-corrected chi connectivity index (χ2v) is 5.83. The van der Waals surface area contributed by atoms with Gasteiger partial charge in [0.25, 0.3) is 5.91 Å². The summed E-state index contributed by atoms with van der Waals surface area (Å²) in [7, 11) is 0. The molecule has 22 heavy (non-hydrogen) atoms. The minimum Gasteiger partial charge on any atom is -0.459 e. The van der Waals surface area contributed by atoms with E-state index in [0.717, 1.165) is 38.9 Å². The quantitative estimate of drug-likeness (QED) is 0.923. The first-order chi connectivity index (χ1) is 10.8. The molecular formula is C18H22N2O2. The first kappa shape index (κ1) is 14.9. The minimum absolute atomic E-state index is 0.111. The molecule has 0 bridgehead atoms. The Morgan fingerprint density at radius 3 is 2.86 bits per heavy atom. The van der Waals surface area contributed by atoms with E-state index in [1.54, 1.807) is 12.1 Å². The van der Waals surface area contributed by atoms with Gasteiger partial charge in [-0.05, 0) is 43.5 Å². The second-order valence-electron chi connectivity index (χ2n) is 5.83. The largest absolute Gasteiger partial charge is 0.459 e. The Kier molecular flexibility index (Phi) is 4.91. The summed E-state index contributed by atoms with van der Waals surface area (Å²) in [4.78, 5) is 14.5. The molecule has 0 unspecified atom stereocenters. The van der Waals surface area contributed by atoms with Gasteiger partial charge in [-0.2, -0.15) is 0 Å². The molecule has 2 aromatic rings. The second kappa shape index (κ2) is 7.27. The van der Waals surface area contributed by atoms with Crippen LogP contribution in [0.2, 0.25) is 0 Å². The molecule has 2 heterocycles. The summed E-state index contributed by atoms with van der Waals surface area (Å²) in [6.45, 7) is 3.07. The highest BCUT2D eigenvalue weighted by molar-refractivity contribution is 5.91. The number of nitrogens with one attached hydrogen (secondary N) is 1. The summed E-state index contributed by atoms with van der Waals surface area (Å²) in [6.07, 6.45) is 4.74. The number of rotatable bonds is 5. The Balaban J connectivity index is 1.48. The Hall–Kier alpha value is -2.07. The van der Waals surface area contributed by atoms with Gasteiger partial charge in [-0.25, -0.2) is 0 Å². The summed E-state index contributed by atoms with van der Waals surface area (Å²) in [5.74, 6) is 0.279. The number of furan rings is 1. The molecule has 1 aromatic heterocycles. The van der Waals surface area contributed by atoms with Crippen molar-refractivity contribution in [1.29, 1.82) is 0 Å². The van der Waals surface area contributed by atoms with Crippen molar-refractivity contribution in [3.05, 3.63) is 60.1 Å². The summed E-state index contributed by atoms with van der Waals surface area (Å²) < 4.78 is 5.14. The number of amides is 1. The summed E-state index contributed by atoms with van der Waals surface area (Å²) in [6, 6.07) is 14.2. The van der Waals surface area contributed by atoms with Crippen LogP contribution in [0.3, 0.4) is 0 Å². The molecule has 1 aliphatic rings. The highest BCUT2D eigenvalue weighted by Crippen LogP contribution is 2.12. The lowest BCUT2D eigenvalue weighted by atomic mass is 10.0. The standard InChI is InChI=1S/C18H22N2O2/c21-18(17-9-5-13-22-17)19-16-8-4-11-20(14-16)12-10-15-6-2-1-3-7-15/h1-3,5-7,9,13,16H,4,8,10-12,14H2,(H,19,21)/t16-/m0/s1. The average Bonchev–Trinajstić information content (AvgIpc) is 3.09. The summed E-state index contributed by atoms with van der Waals surface area (Å²) in [5, 5.41) is 3.08. The van der Waals surface area contributed by atoms with Crippen LogP contribution >= 0.6 is 0 Å². The van der Waals surface area contributed by atoms with Gasteiger partial charge in [-0.15, -0.1) is 0 Å². The van der Waals surface area contributed by atoms with Gasteiger partial charge in [0.05, 0.1) is 6.26 Å². The fraction of sp³-hybridized carbons (Fsp3) is 0.389. The lowest BCUT2D eigenvalue weighted by Gasteiger charge is -2.33. The van der Waals surface area contributed by atoms with Crippen LogP contribution in [0, 0.1) is 0 Å². The van der Waals surface area contributed by atoms with Gasteiger partial charge in [0.2, 0.25) is 0 Å². The van der Waals surface area contributed by atoms with Gasteiger partial charge < -0.3 is 14.6 Å². The third-order valence-corrected chi connectivity index (χ3v) is 4.15. The molecule has 4 nitrogen and oxygen atoms in total. The van der Waals surface area contributed by atoms with E-state index in [1.165, 1.54) is 11.8 Å². The fourth-order valence-electron chi connectivity index (χ4n) is 2.97. The van der Waals surface area contributed by atoms with E-state index in [0.29, 0.717) is 5.76 Å². The highest BCUT2D eigenvalue weighted by atomic mass is 16.3. The van der Waals surface area contributed by atoms with Gasteiger partial charge in [-0.1, -0.05) is 30.3 Å². The molecule has 1 saturated heterocycles. The molecule has 4 heteroatoms. The van der Waals surface area contributed by atoms with Crippen LogP contribution in [0.25, 0.3) is 0 Å². The number of piperidine rings is 1. The van der Waals surface area contributed by atoms with E-state index >= 15 is 0 Å². The van der Waals surface area contributed by atoms with Crippen LogP contribution in [-0.4, -0.2) is 36.5 Å². The molecule has 0 saturated carbocycles. The van der Waals surface area contributed by atoms with Crippen molar-refractivity contribution in [3.8, 4) is 0 Å². The molecule has 0 aliphatic carbocycles. The maximum atomic E-state index is 12.0. The lowest BCUT2D eigenvalue weighted by molar-refractivity contribution is 0.0876. The molecule has 1 aliphatic heterocycles. The maximum absolute atomic E-state index is 12.0. The van der Waals surface area contributed by atoms with Crippen molar-refractivity contribution in [1.82, 2.24) is 10.2 Å². The average molecular weight is 298 g/mol. The third-order valence-electron chi connectivity index (χ3n) is 4.15. The van der Waals surface area contributed by atoms with Gasteiger partial charge in [0, 0.05) is 19.1 Å². The molecule has 0 spiro atoms. The van der Waals surface area contributed by atoms with E-state index in [-0.39, 0.29) is 11.9 Å². The Labute approximate surface area is 131 Å². The smallest absolute Gasteiger partial charge is 0.287 e. The normalized spacial score (nSPS) is 19.0. The van der Waals surface area contributed by atoms with Crippen LogP contribution in [0.4, 0.5) is 0 Å². The summed E-state index contributed by atoms with van der Waals surface area (Å²) in [5.41, 5.74) is 1.37. The molecule has 116 valence electrons. The Morgan fingerprint density at radius 1 is 1.23 bits per heavy atom. The van der Waals surface area contributed by atoms with Crippen molar-refractivity contribution < 1.29 is 9.21 Å². The lowest BCUT2D eigenvalue weighted by Crippen LogP contribution is -2.48. The molecule has 0 radical (unpaired) electrons. The van der Waals surface area contributed by atoms with Gasteiger partial charge in [-0.3, -0.25) is 4.79 Å². The Morgan fingerprint density at radius 2 is 2.09 bits per heavy atom. The van der Waals surface area contributed by atoms with Crippen molar-refractivity contribution >= 4 is 5.91 Å². The zero-order valence-corrected chi connectivity index (χ0v) is 12.7. The van der Waals surface area contributed by atoms with Crippen molar-refractivity contribution in [2.24, 2.45) is 0 Å². The van der Waals surface area contributed by atoms with Crippen LogP contribution in [-0.2, 0) is 6.42 Å². The van der Waals surface area contributed by atoms with Crippen LogP contribution in [0.5, 0.6) is 0 Å². The third kappa shape index (κ3) is 3.98.